The van der Waals surface area contributed by atoms with E-state index in [2.05, 4.69) is 10.6 Å². The van der Waals surface area contributed by atoms with Crippen LogP contribution in [0.5, 0.6) is 0 Å². The number of carboxylic acids is 1. The second-order valence-electron chi connectivity index (χ2n) is 16.8. The van der Waals surface area contributed by atoms with E-state index in [1.54, 1.807) is 0 Å². The first-order valence-electron chi connectivity index (χ1n) is 21.2. The number of aliphatic hydroxyl groups excluding tert-OH is 16. The van der Waals surface area contributed by atoms with Gasteiger partial charge in [-0.05, 0) is 0 Å². The van der Waals surface area contributed by atoms with Gasteiger partial charge in [0, 0.05) is 20.3 Å². The van der Waals surface area contributed by atoms with E-state index in [1.807, 2.05) is 0 Å². The quantitative estimate of drug-likeness (QED) is 0.0606. The van der Waals surface area contributed by atoms with Gasteiger partial charge >= 0.3 is 0 Å². The lowest BCUT2D eigenvalue weighted by Crippen LogP contribution is -2.72. The molecule has 0 saturated carbocycles. The smallest absolute Gasteiger partial charge is 0.217 e. The molecule has 31 heteroatoms. The highest BCUT2D eigenvalue weighted by Crippen LogP contribution is 2.39. The van der Waals surface area contributed by atoms with E-state index in [0.717, 1.165) is 13.8 Å². The predicted octanol–water partition coefficient (Wildman–Crippen LogP) is -13.8. The van der Waals surface area contributed by atoms with Crippen molar-refractivity contribution < 1.29 is 144 Å². The molecular weight excluding hydrogens is 936 g/mol. The molecule has 1 unspecified atom stereocenters. The molecule has 5 heterocycles. The third-order valence-corrected chi connectivity index (χ3v) is 12.1. The van der Waals surface area contributed by atoms with Crippen LogP contribution in [0, 0.1) is 0 Å². The summed E-state index contributed by atoms with van der Waals surface area (Å²) in [6.07, 6.45) is -48.0. The van der Waals surface area contributed by atoms with Gasteiger partial charge in [0.2, 0.25) is 17.6 Å². The SMILES string of the molecule is CC(=O)N[C@H]1[C@H](O[C@H]2[C@@H](O)[C@@H](CO)O[C@@H](O[C@H]3[C@H](O)[C@@H](O)C(O)O[C@@H]3CO)[C@@H]2O)O[C@H](CO)[C@@H](O)[C@@H]1O[C@@H]1O[C@H](CO)[C@H](O)[C@H](O[C@]2(C(=O)[O-])C[C@H](O)[C@@H](NC(C)=O)[C@H]([C@H](O)[C@H](O)CO)O2)[C@H]1O. The van der Waals surface area contributed by atoms with Gasteiger partial charge in [-0.2, -0.15) is 0 Å². The van der Waals surface area contributed by atoms with Crippen molar-refractivity contribution >= 4 is 17.8 Å². The number of nitrogens with one attached hydrogen (secondary N) is 2. The Labute approximate surface area is 384 Å². The number of aliphatic hydroxyl groups is 16. The summed E-state index contributed by atoms with van der Waals surface area (Å²) in [6, 6.07) is -3.55. The van der Waals surface area contributed by atoms with E-state index in [-0.39, 0.29) is 0 Å². The Kier molecular flexibility index (Phi) is 19.7. The molecule has 0 radical (unpaired) electrons. The van der Waals surface area contributed by atoms with Gasteiger partial charge in [-0.3, -0.25) is 9.59 Å². The molecule has 18 N–H and O–H groups in total. The van der Waals surface area contributed by atoms with Crippen LogP contribution in [0.2, 0.25) is 0 Å². The number of hydrogen-bond donors (Lipinski definition) is 18. The number of carbonyl (C=O) groups is 3. The summed E-state index contributed by atoms with van der Waals surface area (Å²) in [5, 5.41) is 187. The van der Waals surface area contributed by atoms with Crippen LogP contribution in [0.15, 0.2) is 0 Å². The minimum absolute atomic E-state index is 0.834. The van der Waals surface area contributed by atoms with Gasteiger partial charge < -0.3 is 145 Å². The van der Waals surface area contributed by atoms with E-state index < -0.39 is 216 Å². The highest BCUT2D eigenvalue weighted by Gasteiger charge is 2.59. The van der Waals surface area contributed by atoms with Crippen molar-refractivity contribution in [2.75, 3.05) is 33.0 Å². The molecular formula is C37H61N2O29-. The number of aliphatic carboxylic acids is 1. The summed E-state index contributed by atoms with van der Waals surface area (Å²) in [7, 11) is 0. The van der Waals surface area contributed by atoms with E-state index in [9.17, 15) is 101 Å². The highest BCUT2D eigenvalue weighted by atomic mass is 16.8. The molecule has 0 aliphatic carbocycles. The summed E-state index contributed by atoms with van der Waals surface area (Å²) < 4.78 is 50.5. The lowest BCUT2D eigenvalue weighted by molar-refractivity contribution is -0.411. The van der Waals surface area contributed by atoms with Crippen LogP contribution in [-0.4, -0.2) is 292 Å². The molecule has 0 spiro atoms. The molecule has 31 nitrogen and oxygen atoms in total. The predicted molar refractivity (Wildman–Crippen MR) is 204 cm³/mol. The van der Waals surface area contributed by atoms with Crippen molar-refractivity contribution in [2.24, 2.45) is 0 Å². The van der Waals surface area contributed by atoms with Crippen molar-refractivity contribution in [1.82, 2.24) is 10.6 Å². The van der Waals surface area contributed by atoms with Crippen LogP contribution >= 0.6 is 0 Å². The number of carboxylic acid groups (broad SMARTS) is 1. The zero-order chi connectivity index (χ0) is 50.7. The Morgan fingerprint density at radius 3 is 1.54 bits per heavy atom. The van der Waals surface area contributed by atoms with E-state index in [1.165, 1.54) is 0 Å². The average Bonchev–Trinajstić information content (AvgIpc) is 3.29. The third kappa shape index (κ3) is 11.8. The second-order valence-corrected chi connectivity index (χ2v) is 16.8. The fourth-order valence-electron chi connectivity index (χ4n) is 8.52. The lowest BCUT2D eigenvalue weighted by Gasteiger charge is -2.52. The summed E-state index contributed by atoms with van der Waals surface area (Å²) in [6.45, 7) is -3.34. The topological polar surface area (TPSA) is 505 Å². The van der Waals surface area contributed by atoms with Crippen molar-refractivity contribution in [3.05, 3.63) is 0 Å². The van der Waals surface area contributed by atoms with Gasteiger partial charge in [0.15, 0.2) is 25.2 Å². The minimum atomic E-state index is -3.30. The van der Waals surface area contributed by atoms with Gasteiger partial charge in [0.05, 0.1) is 45.2 Å². The largest absolute Gasteiger partial charge is 0.544 e. The third-order valence-electron chi connectivity index (χ3n) is 12.1. The molecule has 2 amide bonds. The fourth-order valence-corrected chi connectivity index (χ4v) is 8.52. The molecule has 5 rings (SSSR count). The number of amides is 2. The maximum absolute atomic E-state index is 12.9. The molecule has 5 aliphatic heterocycles. The summed E-state index contributed by atoms with van der Waals surface area (Å²) in [4.78, 5) is 37.5. The molecule has 26 atom stereocenters. The molecule has 0 aromatic heterocycles. The molecule has 0 aromatic rings. The molecule has 0 bridgehead atoms. The van der Waals surface area contributed by atoms with E-state index in [4.69, 9.17) is 42.6 Å². The molecule has 5 saturated heterocycles. The van der Waals surface area contributed by atoms with Crippen LogP contribution in [0.4, 0.5) is 0 Å². The van der Waals surface area contributed by atoms with E-state index in [0.29, 0.717) is 0 Å². The fraction of sp³-hybridized carbons (Fsp3) is 0.919. The Hall–Kier alpha value is -2.59. The van der Waals surface area contributed by atoms with Crippen molar-refractivity contribution in [2.45, 2.75) is 179 Å². The maximum Gasteiger partial charge on any atom is 0.217 e. The number of hydrogen-bond acceptors (Lipinski definition) is 29. The van der Waals surface area contributed by atoms with Crippen LogP contribution in [0.3, 0.4) is 0 Å². The van der Waals surface area contributed by atoms with Crippen LogP contribution in [-0.2, 0) is 57.0 Å². The standard InChI is InChI=1S/C37H62N2O29/c1-9(45)38-17-11(47)3-37(36(58)59,67-29(17)19(49)12(48)4-40)68-31-22(52)15(7-43)63-35(26(31)56)65-28-18(39-10(2)46)33(61-13(5-41)20(28)50)66-30-21(51)14(6-42)62-34(25(30)55)64-27-16(8-44)60-32(57)24(54)23(27)53/h11-35,40-44,47-57H,3-8H2,1-2H3,(H,38,45)(H,39,46)(H,58,59)/p-1/t11-,12+,13+,14+,15+,16+,17+,18+,19+,20+,21-,22-,23+,24+,25+,26+,27+,28+,29+,30-,31-,32?,33-,34-,35-,37-/m0/s1. The monoisotopic (exact) mass is 997 g/mol. The number of carbonyl (C=O) groups excluding carboxylic acids is 3. The van der Waals surface area contributed by atoms with E-state index >= 15 is 0 Å². The van der Waals surface area contributed by atoms with Crippen molar-refractivity contribution in [3.8, 4) is 0 Å². The molecule has 68 heavy (non-hydrogen) atoms. The normalized spacial score (nSPS) is 46.6. The Bertz CT molecular complexity index is 1660. The second kappa shape index (κ2) is 23.8. The van der Waals surface area contributed by atoms with Crippen LogP contribution in [0.25, 0.3) is 0 Å². The lowest BCUT2D eigenvalue weighted by atomic mass is 9.88. The van der Waals surface area contributed by atoms with Gasteiger partial charge in [-0.15, -0.1) is 0 Å². The zero-order valence-electron chi connectivity index (χ0n) is 36.1. The first-order valence-corrected chi connectivity index (χ1v) is 21.2. The first kappa shape index (κ1) is 56.3. The molecule has 5 fully saturated rings. The zero-order valence-corrected chi connectivity index (χ0v) is 36.1. The van der Waals surface area contributed by atoms with Gasteiger partial charge in [0.25, 0.3) is 0 Å². The van der Waals surface area contributed by atoms with Crippen molar-refractivity contribution in [1.29, 1.82) is 0 Å². The molecule has 0 aromatic carbocycles. The Morgan fingerprint density at radius 1 is 0.588 bits per heavy atom. The highest BCUT2D eigenvalue weighted by molar-refractivity contribution is 5.75. The van der Waals surface area contributed by atoms with Gasteiger partial charge in [-0.25, -0.2) is 0 Å². The van der Waals surface area contributed by atoms with Gasteiger partial charge in [-0.1, -0.05) is 0 Å². The maximum atomic E-state index is 12.9. The average molecular weight is 998 g/mol. The first-order chi connectivity index (χ1) is 32.0. The van der Waals surface area contributed by atoms with Crippen LogP contribution < -0.4 is 15.7 Å². The summed E-state index contributed by atoms with van der Waals surface area (Å²) in [5.41, 5.74) is 0. The molecule has 394 valence electrons. The molecule has 5 aliphatic rings. The number of rotatable bonds is 18. The Morgan fingerprint density at radius 2 is 1.04 bits per heavy atom. The van der Waals surface area contributed by atoms with Crippen molar-refractivity contribution in [3.63, 3.8) is 0 Å². The van der Waals surface area contributed by atoms with Crippen LogP contribution in [0.1, 0.15) is 20.3 Å². The summed E-state index contributed by atoms with van der Waals surface area (Å²) in [5.74, 6) is -7.38. The number of ether oxygens (including phenoxy) is 9. The minimum Gasteiger partial charge on any atom is -0.544 e. The summed E-state index contributed by atoms with van der Waals surface area (Å²) >= 11 is 0. The Balaban J connectivity index is 1.45. The van der Waals surface area contributed by atoms with Gasteiger partial charge in [0.1, 0.15) is 122 Å².